The van der Waals surface area contributed by atoms with Gasteiger partial charge in [-0.05, 0) is 31.2 Å². The number of thioether (sulfide) groups is 1. The van der Waals surface area contributed by atoms with Crippen molar-refractivity contribution in [1.29, 1.82) is 0 Å². The molecular weight excluding hydrogens is 339 g/mol. The number of carbonyl (C=O) groups is 1. The molecule has 0 aliphatic heterocycles. The lowest BCUT2D eigenvalue weighted by molar-refractivity contribution is -0.115. The molecule has 1 aromatic carbocycles. The van der Waals surface area contributed by atoms with E-state index in [9.17, 15) is 9.18 Å². The van der Waals surface area contributed by atoms with E-state index in [-0.39, 0.29) is 5.91 Å². The summed E-state index contributed by atoms with van der Waals surface area (Å²) in [5.41, 5.74) is 1.66. The lowest BCUT2D eigenvalue weighted by Crippen LogP contribution is -2.22. The molecule has 8 heteroatoms. The summed E-state index contributed by atoms with van der Waals surface area (Å²) in [6.45, 7) is 1.74. The number of benzene rings is 1. The zero-order chi connectivity index (χ0) is 16.4. The first-order chi connectivity index (χ1) is 11.0. The Kier molecular flexibility index (Phi) is 4.49. The molecule has 1 amide bonds. The standard InChI is InChI=1S/C15H12ClFN4OS/c1-8(14(22)19-11-4-2-3-10(17)6-11)23-15-20-12-5-9(16)7-18-13(12)21-15/h2-8H,1H3,(H,19,22)(H,18,20,21)/t8-/m0/s1. The maximum atomic E-state index is 13.1. The molecule has 0 unspecified atom stereocenters. The van der Waals surface area contributed by atoms with Crippen LogP contribution in [0.3, 0.4) is 0 Å². The van der Waals surface area contributed by atoms with Gasteiger partial charge in [0.05, 0.1) is 15.8 Å². The van der Waals surface area contributed by atoms with Crippen molar-refractivity contribution in [3.05, 3.63) is 47.4 Å². The first-order valence-electron chi connectivity index (χ1n) is 6.75. The predicted molar refractivity (Wildman–Crippen MR) is 89.2 cm³/mol. The lowest BCUT2D eigenvalue weighted by Gasteiger charge is -2.10. The van der Waals surface area contributed by atoms with Gasteiger partial charge in [0.15, 0.2) is 10.8 Å². The van der Waals surface area contributed by atoms with E-state index in [0.717, 1.165) is 0 Å². The summed E-state index contributed by atoms with van der Waals surface area (Å²) >= 11 is 7.13. The lowest BCUT2D eigenvalue weighted by atomic mass is 10.3. The fraction of sp³-hybridized carbons (Fsp3) is 0.133. The number of halogens is 2. The molecule has 0 bridgehead atoms. The summed E-state index contributed by atoms with van der Waals surface area (Å²) in [5.74, 6) is -0.643. The van der Waals surface area contributed by atoms with Gasteiger partial charge in [-0.3, -0.25) is 4.79 Å². The highest BCUT2D eigenvalue weighted by Crippen LogP contribution is 2.24. The Morgan fingerprint density at radius 3 is 3.04 bits per heavy atom. The molecule has 0 aliphatic carbocycles. The van der Waals surface area contributed by atoms with Gasteiger partial charge in [0.25, 0.3) is 0 Å². The Morgan fingerprint density at radius 2 is 2.26 bits per heavy atom. The number of aromatic amines is 1. The first kappa shape index (κ1) is 15.8. The van der Waals surface area contributed by atoms with Crippen molar-refractivity contribution in [3.8, 4) is 0 Å². The molecular formula is C15H12ClFN4OS. The fourth-order valence-corrected chi connectivity index (χ4v) is 2.91. The summed E-state index contributed by atoms with van der Waals surface area (Å²) in [5, 5.41) is 3.32. The fourth-order valence-electron chi connectivity index (χ4n) is 1.94. The van der Waals surface area contributed by atoms with E-state index in [1.54, 1.807) is 19.1 Å². The van der Waals surface area contributed by atoms with Crippen LogP contribution in [0.1, 0.15) is 6.92 Å². The molecule has 118 valence electrons. The monoisotopic (exact) mass is 350 g/mol. The molecule has 3 aromatic rings. The van der Waals surface area contributed by atoms with Crippen LogP contribution in [0.5, 0.6) is 0 Å². The molecule has 2 heterocycles. The summed E-state index contributed by atoms with van der Waals surface area (Å²) < 4.78 is 13.1. The van der Waals surface area contributed by atoms with Crippen LogP contribution in [0.15, 0.2) is 41.7 Å². The van der Waals surface area contributed by atoms with Gasteiger partial charge in [0, 0.05) is 11.9 Å². The summed E-state index contributed by atoms with van der Waals surface area (Å²) in [7, 11) is 0. The molecule has 0 saturated heterocycles. The van der Waals surface area contributed by atoms with Crippen molar-refractivity contribution in [2.45, 2.75) is 17.3 Å². The van der Waals surface area contributed by atoms with Crippen LogP contribution in [0, 0.1) is 5.82 Å². The third-order valence-corrected chi connectivity index (χ3v) is 4.22. The Bertz CT molecular complexity index is 870. The normalized spacial score (nSPS) is 12.3. The quantitative estimate of drug-likeness (QED) is 0.701. The van der Waals surface area contributed by atoms with Crippen molar-refractivity contribution in [1.82, 2.24) is 15.0 Å². The number of amides is 1. The van der Waals surface area contributed by atoms with Crippen LogP contribution in [-0.4, -0.2) is 26.1 Å². The number of carbonyl (C=O) groups excluding carboxylic acids is 1. The number of pyridine rings is 1. The largest absolute Gasteiger partial charge is 0.331 e. The number of rotatable bonds is 4. The zero-order valence-electron chi connectivity index (χ0n) is 12.0. The van der Waals surface area contributed by atoms with E-state index in [2.05, 4.69) is 20.3 Å². The van der Waals surface area contributed by atoms with Gasteiger partial charge in [-0.15, -0.1) is 0 Å². The van der Waals surface area contributed by atoms with Crippen molar-refractivity contribution in [2.75, 3.05) is 5.32 Å². The van der Waals surface area contributed by atoms with Gasteiger partial charge >= 0.3 is 0 Å². The second kappa shape index (κ2) is 6.55. The number of hydrogen-bond donors (Lipinski definition) is 2. The number of nitrogens with one attached hydrogen (secondary N) is 2. The molecule has 0 spiro atoms. The third kappa shape index (κ3) is 3.80. The Labute approximate surface area is 140 Å². The molecule has 5 nitrogen and oxygen atoms in total. The molecule has 0 saturated carbocycles. The van der Waals surface area contributed by atoms with Gasteiger partial charge in [-0.2, -0.15) is 0 Å². The number of nitrogens with zero attached hydrogens (tertiary/aromatic N) is 2. The van der Waals surface area contributed by atoms with Crippen LogP contribution in [-0.2, 0) is 4.79 Å². The minimum atomic E-state index is -0.422. The topological polar surface area (TPSA) is 70.7 Å². The molecule has 2 aromatic heterocycles. The maximum absolute atomic E-state index is 13.1. The third-order valence-electron chi connectivity index (χ3n) is 3.03. The Balaban J connectivity index is 1.69. The van der Waals surface area contributed by atoms with E-state index in [4.69, 9.17) is 11.6 Å². The smallest absolute Gasteiger partial charge is 0.237 e. The Morgan fingerprint density at radius 1 is 1.43 bits per heavy atom. The molecule has 1 atom stereocenters. The van der Waals surface area contributed by atoms with E-state index in [1.807, 2.05) is 0 Å². The van der Waals surface area contributed by atoms with Crippen molar-refractivity contribution in [2.24, 2.45) is 0 Å². The van der Waals surface area contributed by atoms with Crippen molar-refractivity contribution in [3.63, 3.8) is 0 Å². The predicted octanol–water partition coefficient (Wildman–Crippen LogP) is 3.87. The molecule has 2 N–H and O–H groups in total. The van der Waals surface area contributed by atoms with Gasteiger partial charge in [-0.1, -0.05) is 29.4 Å². The van der Waals surface area contributed by atoms with E-state index >= 15 is 0 Å². The molecule has 0 radical (unpaired) electrons. The first-order valence-corrected chi connectivity index (χ1v) is 8.01. The van der Waals surface area contributed by atoms with Crippen LogP contribution >= 0.6 is 23.4 Å². The van der Waals surface area contributed by atoms with Gasteiger partial charge in [-0.25, -0.2) is 14.4 Å². The van der Waals surface area contributed by atoms with Crippen molar-refractivity contribution >= 4 is 46.1 Å². The molecule has 0 fully saturated rings. The summed E-state index contributed by atoms with van der Waals surface area (Å²) in [6.07, 6.45) is 1.51. The maximum Gasteiger partial charge on any atom is 0.237 e. The van der Waals surface area contributed by atoms with Gasteiger partial charge in [0.2, 0.25) is 5.91 Å². The second-order valence-corrected chi connectivity index (χ2v) is 6.59. The van der Waals surface area contributed by atoms with E-state index in [0.29, 0.717) is 27.0 Å². The minimum absolute atomic E-state index is 0.243. The van der Waals surface area contributed by atoms with E-state index < -0.39 is 11.1 Å². The van der Waals surface area contributed by atoms with Crippen LogP contribution in [0.2, 0.25) is 5.02 Å². The van der Waals surface area contributed by atoms with Crippen LogP contribution < -0.4 is 5.32 Å². The number of hydrogen-bond acceptors (Lipinski definition) is 4. The highest BCUT2D eigenvalue weighted by atomic mass is 35.5. The SMILES string of the molecule is C[C@H](Sc1nc2ncc(Cl)cc2[nH]1)C(=O)Nc1cccc(F)c1. The van der Waals surface area contributed by atoms with Crippen LogP contribution in [0.25, 0.3) is 11.2 Å². The van der Waals surface area contributed by atoms with Crippen molar-refractivity contribution < 1.29 is 9.18 Å². The highest BCUT2D eigenvalue weighted by Gasteiger charge is 2.17. The number of fused-ring (bicyclic) bond motifs is 1. The molecule has 0 aliphatic rings. The molecule has 23 heavy (non-hydrogen) atoms. The average Bonchev–Trinajstić information content (AvgIpc) is 2.88. The van der Waals surface area contributed by atoms with Gasteiger partial charge < -0.3 is 10.3 Å². The molecule has 3 rings (SSSR count). The van der Waals surface area contributed by atoms with E-state index in [1.165, 1.54) is 36.2 Å². The van der Waals surface area contributed by atoms with Crippen LogP contribution in [0.4, 0.5) is 10.1 Å². The summed E-state index contributed by atoms with van der Waals surface area (Å²) in [4.78, 5) is 23.6. The number of aromatic nitrogens is 3. The minimum Gasteiger partial charge on any atom is -0.331 e. The highest BCUT2D eigenvalue weighted by molar-refractivity contribution is 8.00. The van der Waals surface area contributed by atoms with Gasteiger partial charge in [0.1, 0.15) is 5.82 Å². The number of H-pyrrole nitrogens is 1. The second-order valence-electron chi connectivity index (χ2n) is 4.83. The number of anilines is 1. The average molecular weight is 351 g/mol. The number of imidazole rings is 1. The zero-order valence-corrected chi connectivity index (χ0v) is 13.6. The summed E-state index contributed by atoms with van der Waals surface area (Å²) in [6, 6.07) is 7.48. The Hall–Kier alpha value is -2.12.